The van der Waals surface area contributed by atoms with E-state index < -0.39 is 27.0 Å². The third-order valence-corrected chi connectivity index (χ3v) is 7.57. The number of carbonyl (C=O) groups is 1. The van der Waals surface area contributed by atoms with Crippen LogP contribution in [0.4, 0.5) is 13.2 Å². The normalized spacial score (nSPS) is 16.9. The van der Waals surface area contributed by atoms with Crippen LogP contribution < -0.4 is 4.72 Å². The highest BCUT2D eigenvalue weighted by molar-refractivity contribution is 9.10. The molecule has 1 aromatic carbocycles. The fourth-order valence-corrected chi connectivity index (χ4v) is 4.71. The minimum atomic E-state index is -4.45. The molecule has 5 nitrogen and oxygen atoms in total. The third-order valence-electron chi connectivity index (χ3n) is 5.26. The fourth-order valence-electron chi connectivity index (χ4n) is 3.46. The first-order chi connectivity index (χ1) is 13.9. The van der Waals surface area contributed by atoms with E-state index in [1.54, 1.807) is 19.9 Å². The van der Waals surface area contributed by atoms with E-state index in [1.807, 2.05) is 0 Å². The van der Waals surface area contributed by atoms with Gasteiger partial charge in [-0.1, -0.05) is 15.9 Å². The van der Waals surface area contributed by atoms with Gasteiger partial charge in [0.1, 0.15) is 5.78 Å². The standard InChI is InChI=1S/C20H28BrF3N2O3S/c1-14(2)30(28,29)25-5-8-26-6-3-15(4-7-26)11-19(27)12-16-9-17(20(22,23)24)13-18(21)10-16/h9-10,13-15,25H,3-8,11-12H2,1-2H3. The Labute approximate surface area is 184 Å². The molecule has 1 N–H and O–H groups in total. The summed E-state index contributed by atoms with van der Waals surface area (Å²) in [6, 6.07) is 3.59. The van der Waals surface area contributed by atoms with Crippen molar-refractivity contribution in [2.75, 3.05) is 26.2 Å². The smallest absolute Gasteiger partial charge is 0.302 e. The molecule has 1 heterocycles. The van der Waals surface area contributed by atoms with Crippen LogP contribution in [0.1, 0.15) is 44.2 Å². The summed E-state index contributed by atoms with van der Waals surface area (Å²) in [4.78, 5) is 14.6. The predicted octanol–water partition coefficient (Wildman–Crippen LogP) is 4.01. The van der Waals surface area contributed by atoms with Gasteiger partial charge in [0, 0.05) is 30.4 Å². The number of ketones is 1. The van der Waals surface area contributed by atoms with Gasteiger partial charge in [0.05, 0.1) is 10.8 Å². The molecule has 0 amide bonds. The number of nitrogens with zero attached hydrogens (tertiary/aromatic N) is 1. The predicted molar refractivity (Wildman–Crippen MR) is 114 cm³/mol. The average Bonchev–Trinajstić information content (AvgIpc) is 2.61. The Hall–Kier alpha value is -0.970. The van der Waals surface area contributed by atoms with E-state index in [1.165, 1.54) is 0 Å². The second-order valence-electron chi connectivity index (χ2n) is 8.04. The topological polar surface area (TPSA) is 66.5 Å². The number of piperidine rings is 1. The molecule has 0 radical (unpaired) electrons. The van der Waals surface area contributed by atoms with Crippen LogP contribution in [0.25, 0.3) is 0 Å². The van der Waals surface area contributed by atoms with Crippen LogP contribution in [-0.4, -0.2) is 50.5 Å². The van der Waals surface area contributed by atoms with Gasteiger partial charge in [-0.05, 0) is 69.5 Å². The van der Waals surface area contributed by atoms with Crippen molar-refractivity contribution in [1.29, 1.82) is 0 Å². The Morgan fingerprint density at radius 1 is 1.23 bits per heavy atom. The van der Waals surface area contributed by atoms with Crippen molar-refractivity contribution < 1.29 is 26.4 Å². The van der Waals surface area contributed by atoms with Gasteiger partial charge in [0.25, 0.3) is 0 Å². The molecule has 1 saturated heterocycles. The number of carbonyl (C=O) groups excluding carboxylic acids is 1. The number of halogens is 4. The van der Waals surface area contributed by atoms with Crippen molar-refractivity contribution in [2.45, 2.75) is 51.0 Å². The third kappa shape index (κ3) is 7.94. The summed E-state index contributed by atoms with van der Waals surface area (Å²) in [5.41, 5.74) is -0.405. The fraction of sp³-hybridized carbons (Fsp3) is 0.650. The maximum atomic E-state index is 12.9. The summed E-state index contributed by atoms with van der Waals surface area (Å²) in [7, 11) is -3.27. The summed E-state index contributed by atoms with van der Waals surface area (Å²) >= 11 is 3.08. The lowest BCUT2D eigenvalue weighted by Gasteiger charge is -2.31. The minimum absolute atomic E-state index is 0.0142. The minimum Gasteiger partial charge on any atom is -0.302 e. The van der Waals surface area contributed by atoms with Crippen LogP contribution in [0.15, 0.2) is 22.7 Å². The van der Waals surface area contributed by atoms with Crippen LogP contribution in [0.5, 0.6) is 0 Å². The molecular weight excluding hydrogens is 485 g/mol. The van der Waals surface area contributed by atoms with Crippen LogP contribution >= 0.6 is 15.9 Å². The van der Waals surface area contributed by atoms with Crippen molar-refractivity contribution >= 4 is 31.7 Å². The molecular formula is C20H28BrF3N2O3S. The molecule has 1 fully saturated rings. The number of sulfonamides is 1. The van der Waals surface area contributed by atoms with Gasteiger partial charge in [-0.25, -0.2) is 13.1 Å². The molecule has 1 aliphatic rings. The van der Waals surface area contributed by atoms with E-state index in [4.69, 9.17) is 0 Å². The molecule has 1 aromatic rings. The van der Waals surface area contributed by atoms with Crippen molar-refractivity contribution in [3.8, 4) is 0 Å². The van der Waals surface area contributed by atoms with E-state index in [9.17, 15) is 26.4 Å². The molecule has 30 heavy (non-hydrogen) atoms. The zero-order chi connectivity index (χ0) is 22.5. The van der Waals surface area contributed by atoms with E-state index in [0.29, 0.717) is 29.5 Å². The van der Waals surface area contributed by atoms with Crippen molar-refractivity contribution in [3.05, 3.63) is 33.8 Å². The molecule has 10 heteroatoms. The Bertz CT molecular complexity index is 836. The quantitative estimate of drug-likeness (QED) is 0.542. The lowest BCUT2D eigenvalue weighted by Crippen LogP contribution is -2.41. The van der Waals surface area contributed by atoms with E-state index >= 15 is 0 Å². The molecule has 0 aliphatic carbocycles. The lowest BCUT2D eigenvalue weighted by atomic mass is 9.90. The molecule has 0 aromatic heterocycles. The maximum absolute atomic E-state index is 12.9. The molecule has 0 spiro atoms. The Balaban J connectivity index is 1.78. The van der Waals surface area contributed by atoms with Crippen molar-refractivity contribution in [3.63, 3.8) is 0 Å². The van der Waals surface area contributed by atoms with Crippen LogP contribution in [-0.2, 0) is 27.4 Å². The van der Waals surface area contributed by atoms with Crippen molar-refractivity contribution in [2.24, 2.45) is 5.92 Å². The average molecular weight is 513 g/mol. The highest BCUT2D eigenvalue weighted by atomic mass is 79.9. The van der Waals surface area contributed by atoms with E-state index in [0.717, 1.165) is 38.1 Å². The summed E-state index contributed by atoms with van der Waals surface area (Å²) in [5, 5.41) is -0.466. The molecule has 170 valence electrons. The number of likely N-dealkylation sites (tertiary alicyclic amines) is 1. The molecule has 1 aliphatic heterocycles. The van der Waals surface area contributed by atoms with Gasteiger partial charge in [-0.2, -0.15) is 13.2 Å². The molecule has 0 atom stereocenters. The number of hydrogen-bond acceptors (Lipinski definition) is 4. The van der Waals surface area contributed by atoms with Gasteiger partial charge in [-0.3, -0.25) is 4.79 Å². The number of nitrogens with one attached hydrogen (secondary N) is 1. The van der Waals surface area contributed by atoms with Crippen LogP contribution in [0.2, 0.25) is 0 Å². The summed E-state index contributed by atoms with van der Waals surface area (Å²) in [6.07, 6.45) is -2.48. The van der Waals surface area contributed by atoms with Crippen molar-refractivity contribution in [1.82, 2.24) is 9.62 Å². The number of benzene rings is 1. The molecule has 0 bridgehead atoms. The van der Waals surface area contributed by atoms with Crippen LogP contribution in [0, 0.1) is 5.92 Å². The number of rotatable bonds is 9. The Kier molecular flexibility index (Phi) is 8.91. The number of alkyl halides is 3. The number of Topliss-reactive ketones (excluding diaryl/α,β-unsaturated/α-hetero) is 1. The second-order valence-corrected chi connectivity index (χ2v) is 11.3. The number of hydrogen-bond donors (Lipinski definition) is 1. The van der Waals surface area contributed by atoms with Gasteiger partial charge in [0.15, 0.2) is 0 Å². The Morgan fingerprint density at radius 2 is 1.87 bits per heavy atom. The zero-order valence-electron chi connectivity index (χ0n) is 17.1. The maximum Gasteiger partial charge on any atom is 0.416 e. The van der Waals surface area contributed by atoms with E-state index in [2.05, 4.69) is 25.6 Å². The first-order valence-electron chi connectivity index (χ1n) is 9.96. The molecule has 2 rings (SSSR count). The summed E-state index contributed by atoms with van der Waals surface area (Å²) in [5.74, 6) is 0.139. The summed E-state index contributed by atoms with van der Waals surface area (Å²) in [6.45, 7) is 5.78. The highest BCUT2D eigenvalue weighted by Gasteiger charge is 2.31. The lowest BCUT2D eigenvalue weighted by molar-refractivity contribution is -0.137. The first kappa shape index (κ1) is 25.3. The Morgan fingerprint density at radius 3 is 2.43 bits per heavy atom. The van der Waals surface area contributed by atoms with Gasteiger partial charge < -0.3 is 4.90 Å². The summed E-state index contributed by atoms with van der Waals surface area (Å²) < 4.78 is 65.2. The van der Waals surface area contributed by atoms with Gasteiger partial charge >= 0.3 is 6.18 Å². The monoisotopic (exact) mass is 512 g/mol. The van der Waals surface area contributed by atoms with E-state index in [-0.39, 0.29) is 18.1 Å². The molecule has 0 unspecified atom stereocenters. The highest BCUT2D eigenvalue weighted by Crippen LogP contribution is 2.32. The van der Waals surface area contributed by atoms with Gasteiger partial charge in [-0.15, -0.1) is 0 Å². The first-order valence-corrected chi connectivity index (χ1v) is 12.3. The largest absolute Gasteiger partial charge is 0.416 e. The molecule has 0 saturated carbocycles. The SMILES string of the molecule is CC(C)S(=O)(=O)NCCN1CCC(CC(=O)Cc2cc(Br)cc(C(F)(F)F)c2)CC1. The van der Waals surface area contributed by atoms with Crippen LogP contribution in [0.3, 0.4) is 0 Å². The van der Waals surface area contributed by atoms with Gasteiger partial charge in [0.2, 0.25) is 10.0 Å². The second kappa shape index (κ2) is 10.6. The zero-order valence-corrected chi connectivity index (χ0v) is 19.5.